The second kappa shape index (κ2) is 9.30. The Morgan fingerprint density at radius 2 is 1.73 bits per heavy atom. The van der Waals surface area contributed by atoms with Crippen molar-refractivity contribution in [1.29, 1.82) is 0 Å². The molecular formula is C26H29N3O. The van der Waals surface area contributed by atoms with E-state index in [1.54, 1.807) is 6.92 Å². The summed E-state index contributed by atoms with van der Waals surface area (Å²) in [4.78, 5) is 18.8. The summed E-state index contributed by atoms with van der Waals surface area (Å²) in [5, 5.41) is 0. The van der Waals surface area contributed by atoms with Crippen LogP contribution in [0.1, 0.15) is 34.8 Å². The molecule has 0 amide bonds. The smallest absolute Gasteiger partial charge is 0.159 e. The van der Waals surface area contributed by atoms with E-state index in [1.807, 2.05) is 30.3 Å². The molecule has 4 heteroatoms. The molecule has 0 aliphatic carbocycles. The van der Waals surface area contributed by atoms with Gasteiger partial charge in [-0.2, -0.15) is 0 Å². The van der Waals surface area contributed by atoms with Crippen LogP contribution in [0.4, 0.5) is 0 Å². The summed E-state index contributed by atoms with van der Waals surface area (Å²) in [6, 6.07) is 18.2. The molecule has 0 saturated carbocycles. The zero-order valence-electron chi connectivity index (χ0n) is 17.9. The Balaban J connectivity index is 1.37. The van der Waals surface area contributed by atoms with Crippen molar-refractivity contribution in [3.63, 3.8) is 0 Å². The molecule has 2 aliphatic heterocycles. The molecular weight excluding hydrogens is 370 g/mol. The number of carbonyl (C=O) groups is 1. The van der Waals surface area contributed by atoms with Gasteiger partial charge in [0, 0.05) is 56.5 Å². The molecule has 30 heavy (non-hydrogen) atoms. The number of benzene rings is 2. The van der Waals surface area contributed by atoms with Crippen molar-refractivity contribution in [3.05, 3.63) is 82.6 Å². The molecule has 0 atom stereocenters. The molecule has 154 valence electrons. The maximum absolute atomic E-state index is 11.5. The minimum Gasteiger partial charge on any atom is -0.365 e. The zero-order chi connectivity index (χ0) is 20.9. The molecule has 0 fully saturated rings. The molecule has 0 aromatic heterocycles. The lowest BCUT2D eigenvalue weighted by atomic mass is 10.0. The van der Waals surface area contributed by atoms with Crippen molar-refractivity contribution in [2.75, 3.05) is 39.9 Å². The second-order valence-corrected chi connectivity index (χ2v) is 8.26. The fourth-order valence-electron chi connectivity index (χ4n) is 4.31. The number of rotatable bonds is 4. The fourth-order valence-corrected chi connectivity index (χ4v) is 4.31. The van der Waals surface area contributed by atoms with Gasteiger partial charge >= 0.3 is 0 Å². The zero-order valence-corrected chi connectivity index (χ0v) is 17.9. The summed E-state index contributed by atoms with van der Waals surface area (Å²) in [5.74, 6) is 6.73. The van der Waals surface area contributed by atoms with Gasteiger partial charge in [0.1, 0.15) is 0 Å². The topological polar surface area (TPSA) is 26.8 Å². The molecule has 0 spiro atoms. The normalized spacial score (nSPS) is 17.3. The van der Waals surface area contributed by atoms with Gasteiger partial charge in [0.2, 0.25) is 0 Å². The van der Waals surface area contributed by atoms with Crippen LogP contribution >= 0.6 is 0 Å². The van der Waals surface area contributed by atoms with Gasteiger partial charge < -0.3 is 4.90 Å². The highest BCUT2D eigenvalue weighted by atomic mass is 16.1. The Bertz CT molecular complexity index is 982. The van der Waals surface area contributed by atoms with Crippen LogP contribution in [-0.4, -0.2) is 60.4 Å². The number of carbonyl (C=O) groups excluding carboxylic acids is 1. The highest BCUT2D eigenvalue weighted by Gasteiger charge is 2.27. The Morgan fingerprint density at radius 3 is 2.47 bits per heavy atom. The highest BCUT2D eigenvalue weighted by molar-refractivity contribution is 5.94. The minimum atomic E-state index is 0.117. The van der Waals surface area contributed by atoms with Crippen LogP contribution in [0, 0.1) is 11.8 Å². The molecule has 2 aliphatic rings. The van der Waals surface area contributed by atoms with Gasteiger partial charge in [0.25, 0.3) is 0 Å². The molecule has 2 aromatic rings. The van der Waals surface area contributed by atoms with Crippen molar-refractivity contribution >= 4 is 5.78 Å². The quantitative estimate of drug-likeness (QED) is 0.580. The van der Waals surface area contributed by atoms with Gasteiger partial charge in [-0.1, -0.05) is 54.3 Å². The third-order valence-corrected chi connectivity index (χ3v) is 5.85. The summed E-state index contributed by atoms with van der Waals surface area (Å²) in [6.07, 6.45) is 1.10. The number of Topliss-reactive ketones (excluding diaryl/α,β-unsaturated/α-hetero) is 1. The van der Waals surface area contributed by atoms with Gasteiger partial charge in [-0.3, -0.25) is 14.6 Å². The molecule has 4 nitrogen and oxygen atoms in total. The Kier molecular flexibility index (Phi) is 6.32. The van der Waals surface area contributed by atoms with E-state index >= 15 is 0 Å². The van der Waals surface area contributed by atoms with Crippen LogP contribution in [0.15, 0.2) is 65.9 Å². The lowest BCUT2D eigenvalue weighted by Crippen LogP contribution is -2.47. The van der Waals surface area contributed by atoms with E-state index in [0.29, 0.717) is 0 Å². The third-order valence-electron chi connectivity index (χ3n) is 5.85. The Morgan fingerprint density at radius 1 is 1.00 bits per heavy atom. The van der Waals surface area contributed by atoms with Crippen LogP contribution in [0.2, 0.25) is 0 Å². The van der Waals surface area contributed by atoms with E-state index < -0.39 is 0 Å². The van der Waals surface area contributed by atoms with E-state index in [-0.39, 0.29) is 5.78 Å². The molecule has 2 aromatic carbocycles. The van der Waals surface area contributed by atoms with E-state index in [0.717, 1.165) is 56.9 Å². The average molecular weight is 400 g/mol. The molecule has 0 bridgehead atoms. The monoisotopic (exact) mass is 399 g/mol. The van der Waals surface area contributed by atoms with Crippen LogP contribution in [-0.2, 0) is 6.54 Å². The fraction of sp³-hybridized carbons (Fsp3) is 0.346. The average Bonchev–Trinajstić information content (AvgIpc) is 2.75. The largest absolute Gasteiger partial charge is 0.365 e. The van der Waals surface area contributed by atoms with E-state index in [4.69, 9.17) is 0 Å². The number of hydrogen-bond donors (Lipinski definition) is 0. The first-order chi connectivity index (χ1) is 14.6. The second-order valence-electron chi connectivity index (χ2n) is 8.26. The molecule has 0 unspecified atom stereocenters. The van der Waals surface area contributed by atoms with Crippen molar-refractivity contribution in [1.82, 2.24) is 14.7 Å². The first-order valence-corrected chi connectivity index (χ1v) is 10.6. The lowest BCUT2D eigenvalue weighted by molar-refractivity contribution is 0.101. The van der Waals surface area contributed by atoms with Crippen molar-refractivity contribution in [2.24, 2.45) is 0 Å². The number of ketones is 1. The molecule has 0 radical (unpaired) electrons. The molecule has 0 saturated heterocycles. The number of hydrogen-bond acceptors (Lipinski definition) is 4. The first kappa shape index (κ1) is 20.4. The third kappa shape index (κ3) is 4.99. The summed E-state index contributed by atoms with van der Waals surface area (Å²) >= 11 is 0. The maximum atomic E-state index is 11.5. The Hall–Kier alpha value is -2.87. The summed E-state index contributed by atoms with van der Waals surface area (Å²) in [7, 11) is 2.20. The van der Waals surface area contributed by atoms with E-state index in [1.165, 1.54) is 16.8 Å². The first-order valence-electron chi connectivity index (χ1n) is 10.6. The van der Waals surface area contributed by atoms with Crippen LogP contribution in [0.25, 0.3) is 0 Å². The maximum Gasteiger partial charge on any atom is 0.159 e. The summed E-state index contributed by atoms with van der Waals surface area (Å²) < 4.78 is 0. The van der Waals surface area contributed by atoms with Gasteiger partial charge in [-0.15, -0.1) is 0 Å². The SMILES string of the molecule is CC(=O)c1ccc(CN2CC3=C(CCN(CC#Cc4ccccc4)C3)N(C)C2)cc1. The molecule has 4 rings (SSSR count). The van der Waals surface area contributed by atoms with Crippen molar-refractivity contribution < 1.29 is 4.79 Å². The van der Waals surface area contributed by atoms with Gasteiger partial charge in [0.15, 0.2) is 5.78 Å². The van der Waals surface area contributed by atoms with Gasteiger partial charge in [-0.25, -0.2) is 0 Å². The van der Waals surface area contributed by atoms with E-state index in [2.05, 4.69) is 57.9 Å². The number of nitrogens with zero attached hydrogens (tertiary/aromatic N) is 3. The van der Waals surface area contributed by atoms with Crippen molar-refractivity contribution in [3.8, 4) is 11.8 Å². The van der Waals surface area contributed by atoms with Crippen LogP contribution in [0.3, 0.4) is 0 Å². The van der Waals surface area contributed by atoms with Gasteiger partial charge in [0.05, 0.1) is 13.2 Å². The summed E-state index contributed by atoms with van der Waals surface area (Å²) in [5.41, 5.74) is 6.12. The van der Waals surface area contributed by atoms with Crippen LogP contribution < -0.4 is 0 Å². The van der Waals surface area contributed by atoms with Crippen LogP contribution in [0.5, 0.6) is 0 Å². The molecule has 2 heterocycles. The van der Waals surface area contributed by atoms with E-state index in [9.17, 15) is 4.79 Å². The summed E-state index contributed by atoms with van der Waals surface area (Å²) in [6.45, 7) is 7.32. The van der Waals surface area contributed by atoms with Crippen molar-refractivity contribution in [2.45, 2.75) is 19.9 Å². The predicted octanol–water partition coefficient (Wildman–Crippen LogP) is 3.61. The lowest BCUT2D eigenvalue weighted by Gasteiger charge is -2.42. The predicted molar refractivity (Wildman–Crippen MR) is 121 cm³/mol. The highest BCUT2D eigenvalue weighted by Crippen LogP contribution is 2.26. The standard InChI is InChI=1S/C26H29N3O/c1-21(30)24-12-10-23(11-13-24)17-29-19-25-18-28(16-14-26(25)27(2)20-29)15-6-9-22-7-4-3-5-8-22/h3-5,7-8,10-13H,14-20H2,1-2H3. The Labute approximate surface area is 179 Å². The molecule has 0 N–H and O–H groups in total. The van der Waals surface area contributed by atoms with Gasteiger partial charge in [-0.05, 0) is 30.2 Å². The minimum absolute atomic E-state index is 0.117.